The molecule has 0 amide bonds. The molecule has 25 heavy (non-hydrogen) atoms. The molecule has 1 aromatic heterocycles. The van der Waals surface area contributed by atoms with E-state index >= 15 is 0 Å². The van der Waals surface area contributed by atoms with E-state index in [-0.39, 0.29) is 4.90 Å². The minimum absolute atomic E-state index is 0.101. The van der Waals surface area contributed by atoms with E-state index in [1.807, 2.05) is 35.8 Å². The number of hydrogen-bond acceptors (Lipinski definition) is 3. The van der Waals surface area contributed by atoms with E-state index in [0.717, 1.165) is 15.7 Å². The molecule has 0 aliphatic heterocycles. The van der Waals surface area contributed by atoms with Crippen molar-refractivity contribution in [1.82, 2.24) is 14.8 Å². The van der Waals surface area contributed by atoms with Gasteiger partial charge in [-0.05, 0) is 39.7 Å². The number of aromatic nitrogens is 1. The monoisotopic (exact) mass is 427 g/mol. The van der Waals surface area contributed by atoms with Crippen LogP contribution in [0.1, 0.15) is 11.3 Å². The number of nitrogens with two attached hydrogens (primary N) is 1. The fraction of sp³-hybridized carbons (Fsp3) is 0.312. The highest BCUT2D eigenvalue weighted by Gasteiger charge is 2.11. The van der Waals surface area contributed by atoms with Gasteiger partial charge < -0.3 is 14.8 Å². The van der Waals surface area contributed by atoms with Gasteiger partial charge in [0, 0.05) is 44.1 Å². The van der Waals surface area contributed by atoms with Crippen LogP contribution < -0.4 is 10.5 Å². The largest absolute Gasteiger partial charge is 0.352 e. The molecule has 1 aromatic carbocycles. The maximum Gasteiger partial charge on any atom is 0.238 e. The van der Waals surface area contributed by atoms with E-state index < -0.39 is 10.0 Å². The second-order valence-electron chi connectivity index (χ2n) is 5.71. The number of aryl methyl sites for hydroxylation is 1. The van der Waals surface area contributed by atoms with Crippen molar-refractivity contribution in [3.63, 3.8) is 0 Å². The summed E-state index contributed by atoms with van der Waals surface area (Å²) in [7, 11) is 1.93. The van der Waals surface area contributed by atoms with E-state index in [9.17, 15) is 8.42 Å². The smallest absolute Gasteiger partial charge is 0.238 e. The van der Waals surface area contributed by atoms with Crippen molar-refractivity contribution in [1.29, 1.82) is 0 Å². The molecule has 0 atom stereocenters. The summed E-state index contributed by atoms with van der Waals surface area (Å²) in [5.41, 5.74) is 1.94. The van der Waals surface area contributed by atoms with Crippen molar-refractivity contribution in [2.75, 3.05) is 14.1 Å². The number of hydrogen-bond donors (Lipinski definition) is 2. The SMILES string of the molecule is CN=C(NCc1cccc(S(N)(=O)=O)c1)N(C)Cc1cc(Br)cn1C. The molecule has 2 rings (SSSR count). The molecule has 3 N–H and O–H groups in total. The van der Waals surface area contributed by atoms with Crippen LogP contribution in [0.2, 0.25) is 0 Å². The molecule has 0 saturated carbocycles. The highest BCUT2D eigenvalue weighted by Crippen LogP contribution is 2.15. The van der Waals surface area contributed by atoms with E-state index in [4.69, 9.17) is 5.14 Å². The Balaban J connectivity index is 2.04. The second-order valence-corrected chi connectivity index (χ2v) is 8.19. The van der Waals surface area contributed by atoms with Crippen molar-refractivity contribution in [3.8, 4) is 0 Å². The first-order chi connectivity index (χ1) is 11.7. The quantitative estimate of drug-likeness (QED) is 0.560. The van der Waals surface area contributed by atoms with Gasteiger partial charge in [0.25, 0.3) is 0 Å². The number of aliphatic imine (C=N–C) groups is 1. The Kier molecular flexibility index (Phi) is 6.26. The minimum atomic E-state index is -3.70. The van der Waals surface area contributed by atoms with Gasteiger partial charge in [-0.2, -0.15) is 0 Å². The zero-order chi connectivity index (χ0) is 18.6. The van der Waals surface area contributed by atoms with Gasteiger partial charge in [0.05, 0.1) is 11.4 Å². The summed E-state index contributed by atoms with van der Waals surface area (Å²) in [6, 6.07) is 8.60. The number of sulfonamides is 1. The van der Waals surface area contributed by atoms with Crippen molar-refractivity contribution in [2.45, 2.75) is 18.0 Å². The van der Waals surface area contributed by atoms with Crippen LogP contribution >= 0.6 is 15.9 Å². The van der Waals surface area contributed by atoms with E-state index in [0.29, 0.717) is 19.0 Å². The first-order valence-corrected chi connectivity index (χ1v) is 9.89. The average molecular weight is 428 g/mol. The number of guanidine groups is 1. The van der Waals surface area contributed by atoms with Gasteiger partial charge >= 0.3 is 0 Å². The van der Waals surface area contributed by atoms with Gasteiger partial charge in [-0.15, -0.1) is 0 Å². The molecule has 2 aromatic rings. The first kappa shape index (κ1) is 19.5. The van der Waals surface area contributed by atoms with Crippen LogP contribution in [0.3, 0.4) is 0 Å². The topological polar surface area (TPSA) is 92.7 Å². The van der Waals surface area contributed by atoms with Crippen molar-refractivity contribution in [2.24, 2.45) is 17.2 Å². The van der Waals surface area contributed by atoms with Gasteiger partial charge in [0.1, 0.15) is 0 Å². The molecule has 0 bridgehead atoms. The molecule has 9 heteroatoms. The Hall–Kier alpha value is -1.84. The van der Waals surface area contributed by atoms with E-state index in [1.54, 1.807) is 19.2 Å². The lowest BCUT2D eigenvalue weighted by molar-refractivity contribution is 0.461. The molecule has 7 nitrogen and oxygen atoms in total. The lowest BCUT2D eigenvalue weighted by atomic mass is 10.2. The predicted molar refractivity (Wildman–Crippen MR) is 103 cm³/mol. The summed E-state index contributed by atoms with van der Waals surface area (Å²) >= 11 is 3.47. The van der Waals surface area contributed by atoms with Gasteiger partial charge in [-0.1, -0.05) is 12.1 Å². The maximum absolute atomic E-state index is 11.4. The Morgan fingerprint density at radius 1 is 1.40 bits per heavy atom. The summed E-state index contributed by atoms with van der Waals surface area (Å²) in [4.78, 5) is 6.37. The fourth-order valence-electron chi connectivity index (χ4n) is 2.44. The molecule has 0 radical (unpaired) electrons. The number of halogens is 1. The first-order valence-electron chi connectivity index (χ1n) is 7.55. The third-order valence-electron chi connectivity index (χ3n) is 3.72. The third-order valence-corrected chi connectivity index (χ3v) is 5.07. The minimum Gasteiger partial charge on any atom is -0.352 e. The molecule has 0 fully saturated rings. The average Bonchev–Trinajstić information content (AvgIpc) is 2.85. The molecular formula is C16H22BrN5O2S. The van der Waals surface area contributed by atoms with E-state index in [1.165, 1.54) is 6.07 Å². The zero-order valence-corrected chi connectivity index (χ0v) is 16.8. The van der Waals surface area contributed by atoms with Gasteiger partial charge in [0.2, 0.25) is 10.0 Å². The summed E-state index contributed by atoms with van der Waals surface area (Å²) in [5.74, 6) is 0.707. The summed E-state index contributed by atoms with van der Waals surface area (Å²) in [6.07, 6.45) is 2.00. The molecule has 0 saturated heterocycles. The Morgan fingerprint density at radius 2 is 2.12 bits per heavy atom. The van der Waals surface area contributed by atoms with Crippen molar-refractivity contribution in [3.05, 3.63) is 52.3 Å². The van der Waals surface area contributed by atoms with E-state index in [2.05, 4.69) is 32.3 Å². The van der Waals surface area contributed by atoms with Crippen LogP contribution in [0, 0.1) is 0 Å². The third kappa shape index (κ3) is 5.32. The number of primary sulfonamides is 1. The second kappa shape index (κ2) is 8.03. The Bertz CT molecular complexity index is 876. The summed E-state index contributed by atoms with van der Waals surface area (Å²) < 4.78 is 26.0. The van der Waals surface area contributed by atoms with Crippen LogP contribution in [0.4, 0.5) is 0 Å². The molecular weight excluding hydrogens is 406 g/mol. The normalized spacial score (nSPS) is 12.3. The molecule has 0 spiro atoms. The van der Waals surface area contributed by atoms with Gasteiger partial charge in [-0.25, -0.2) is 13.6 Å². The summed E-state index contributed by atoms with van der Waals surface area (Å²) in [6.45, 7) is 1.12. The lowest BCUT2D eigenvalue weighted by Crippen LogP contribution is -2.38. The maximum atomic E-state index is 11.4. The van der Waals surface area contributed by atoms with Crippen molar-refractivity contribution >= 4 is 31.9 Å². The molecule has 1 heterocycles. The van der Waals surface area contributed by atoms with Crippen LogP contribution in [-0.4, -0.2) is 37.9 Å². The van der Waals surface area contributed by atoms with Crippen LogP contribution in [-0.2, 0) is 30.2 Å². The highest BCUT2D eigenvalue weighted by molar-refractivity contribution is 9.10. The lowest BCUT2D eigenvalue weighted by Gasteiger charge is -2.22. The number of rotatable bonds is 5. The van der Waals surface area contributed by atoms with Crippen molar-refractivity contribution < 1.29 is 8.42 Å². The standard InChI is InChI=1S/C16H22BrN5O2S/c1-19-16(22(3)11-14-8-13(17)10-21(14)2)20-9-12-5-4-6-15(7-12)25(18,23)24/h4-8,10H,9,11H2,1-3H3,(H,19,20)(H2,18,23,24). The molecule has 0 aliphatic carbocycles. The van der Waals surface area contributed by atoms with Crippen LogP contribution in [0.15, 0.2) is 50.9 Å². The number of benzene rings is 1. The highest BCUT2D eigenvalue weighted by atomic mass is 79.9. The zero-order valence-electron chi connectivity index (χ0n) is 14.4. The van der Waals surface area contributed by atoms with Crippen LogP contribution in [0.5, 0.6) is 0 Å². The van der Waals surface area contributed by atoms with Gasteiger partial charge in [0.15, 0.2) is 5.96 Å². The predicted octanol–water partition coefficient (Wildman–Crippen LogP) is 1.64. The number of nitrogens with zero attached hydrogens (tertiary/aromatic N) is 3. The molecule has 0 aliphatic rings. The fourth-order valence-corrected chi connectivity index (χ4v) is 3.59. The number of nitrogens with one attached hydrogen (secondary N) is 1. The Labute approximate surface area is 156 Å². The molecule has 0 unspecified atom stereocenters. The summed E-state index contributed by atoms with van der Waals surface area (Å²) in [5, 5.41) is 8.40. The molecule has 136 valence electrons. The Morgan fingerprint density at radius 3 is 2.68 bits per heavy atom. The van der Waals surface area contributed by atoms with Crippen LogP contribution in [0.25, 0.3) is 0 Å². The van der Waals surface area contributed by atoms with Gasteiger partial charge in [-0.3, -0.25) is 4.99 Å².